The molecule has 0 aromatic heterocycles. The summed E-state index contributed by atoms with van der Waals surface area (Å²) >= 11 is 3.44. The van der Waals surface area contributed by atoms with E-state index < -0.39 is 0 Å². The van der Waals surface area contributed by atoms with Crippen LogP contribution in [0.2, 0.25) is 0 Å². The predicted octanol–water partition coefficient (Wildman–Crippen LogP) is 3.53. The molecule has 0 unspecified atom stereocenters. The molecule has 2 aromatic carbocycles. The number of hydrogen-bond acceptors (Lipinski definition) is 6. The number of morpholine rings is 1. The molecule has 0 aliphatic carbocycles. The van der Waals surface area contributed by atoms with E-state index in [4.69, 9.17) is 14.2 Å². The molecule has 1 saturated heterocycles. The van der Waals surface area contributed by atoms with Gasteiger partial charge in [0.2, 0.25) is 0 Å². The molecule has 0 atom stereocenters. The van der Waals surface area contributed by atoms with Gasteiger partial charge in [-0.05, 0) is 51.3 Å². The number of nitrogens with zero attached hydrogens (tertiary/aromatic N) is 2. The SMILES string of the molecule is COc1cc(C=NCC(=O)Cc2ccc(N3CCOCC3)cc2)cc(OC)c1Br. The Morgan fingerprint density at radius 3 is 2.34 bits per heavy atom. The molecule has 0 amide bonds. The van der Waals surface area contributed by atoms with Crippen molar-refractivity contribution < 1.29 is 19.0 Å². The number of benzene rings is 2. The molecule has 2 aromatic rings. The minimum atomic E-state index is 0.0661. The number of aliphatic imine (C=N–C) groups is 1. The Bertz CT molecular complexity index is 837. The highest BCUT2D eigenvalue weighted by Crippen LogP contribution is 2.35. The zero-order valence-corrected chi connectivity index (χ0v) is 18.3. The standard InChI is InChI=1S/C22H25BrN2O4/c1-27-20-12-17(13-21(28-2)22(20)23)14-24-15-19(26)11-16-3-5-18(6-4-16)25-7-9-29-10-8-25/h3-6,12-14H,7-11,15H2,1-2H3. The maximum absolute atomic E-state index is 12.3. The lowest BCUT2D eigenvalue weighted by molar-refractivity contribution is -0.117. The van der Waals surface area contributed by atoms with Crippen molar-refractivity contribution in [1.29, 1.82) is 0 Å². The van der Waals surface area contributed by atoms with E-state index in [2.05, 4.69) is 38.0 Å². The smallest absolute Gasteiger partial charge is 0.158 e. The first-order valence-electron chi connectivity index (χ1n) is 9.45. The fourth-order valence-corrected chi connectivity index (χ4v) is 3.70. The van der Waals surface area contributed by atoms with Gasteiger partial charge in [-0.15, -0.1) is 0 Å². The van der Waals surface area contributed by atoms with Crippen molar-refractivity contribution in [3.05, 3.63) is 52.0 Å². The number of halogens is 1. The Kier molecular flexibility index (Phi) is 7.66. The van der Waals surface area contributed by atoms with Crippen molar-refractivity contribution >= 4 is 33.6 Å². The topological polar surface area (TPSA) is 60.4 Å². The minimum absolute atomic E-state index is 0.0661. The number of carbonyl (C=O) groups excluding carboxylic acids is 1. The van der Waals surface area contributed by atoms with Gasteiger partial charge in [0.05, 0.1) is 34.0 Å². The number of hydrogen-bond donors (Lipinski definition) is 0. The molecule has 0 spiro atoms. The highest BCUT2D eigenvalue weighted by Gasteiger charge is 2.12. The Labute approximate surface area is 179 Å². The summed E-state index contributed by atoms with van der Waals surface area (Å²) in [5.41, 5.74) is 2.97. The zero-order valence-electron chi connectivity index (χ0n) is 16.7. The summed E-state index contributed by atoms with van der Waals surface area (Å²) in [6.45, 7) is 3.45. The van der Waals surface area contributed by atoms with Gasteiger partial charge >= 0.3 is 0 Å². The summed E-state index contributed by atoms with van der Waals surface area (Å²) in [7, 11) is 3.18. The van der Waals surface area contributed by atoms with E-state index in [0.29, 0.717) is 17.9 Å². The first-order chi connectivity index (χ1) is 14.1. The predicted molar refractivity (Wildman–Crippen MR) is 118 cm³/mol. The lowest BCUT2D eigenvalue weighted by Crippen LogP contribution is -2.36. The monoisotopic (exact) mass is 460 g/mol. The Morgan fingerprint density at radius 1 is 1.14 bits per heavy atom. The molecular formula is C22H25BrN2O4. The van der Waals surface area contributed by atoms with Crippen molar-refractivity contribution in [2.45, 2.75) is 6.42 Å². The van der Waals surface area contributed by atoms with Gasteiger partial charge < -0.3 is 19.1 Å². The van der Waals surface area contributed by atoms with Gasteiger partial charge in [0.1, 0.15) is 16.0 Å². The Balaban J connectivity index is 1.55. The van der Waals surface area contributed by atoms with Crippen molar-refractivity contribution in [3.63, 3.8) is 0 Å². The van der Waals surface area contributed by atoms with Crippen molar-refractivity contribution in [3.8, 4) is 11.5 Å². The number of carbonyl (C=O) groups is 1. The third kappa shape index (κ3) is 5.81. The highest BCUT2D eigenvalue weighted by molar-refractivity contribution is 9.10. The van der Waals surface area contributed by atoms with Gasteiger partial charge in [0.25, 0.3) is 0 Å². The summed E-state index contributed by atoms with van der Waals surface area (Å²) in [6.07, 6.45) is 2.03. The van der Waals surface area contributed by atoms with Gasteiger partial charge in [-0.1, -0.05) is 12.1 Å². The van der Waals surface area contributed by atoms with E-state index in [1.54, 1.807) is 20.4 Å². The Hall–Kier alpha value is -2.38. The average molecular weight is 461 g/mol. The van der Waals surface area contributed by atoms with Crippen LogP contribution in [0.25, 0.3) is 0 Å². The second kappa shape index (κ2) is 10.4. The summed E-state index contributed by atoms with van der Waals surface area (Å²) in [5.74, 6) is 1.37. The Morgan fingerprint density at radius 2 is 1.76 bits per heavy atom. The highest BCUT2D eigenvalue weighted by atomic mass is 79.9. The molecule has 0 bridgehead atoms. The largest absolute Gasteiger partial charge is 0.495 e. The fraction of sp³-hybridized carbons (Fsp3) is 0.364. The van der Waals surface area contributed by atoms with E-state index in [1.807, 2.05) is 24.3 Å². The number of anilines is 1. The number of Topliss-reactive ketones (excluding diaryl/α,β-unsaturated/α-hetero) is 1. The second-order valence-corrected chi connectivity index (χ2v) is 7.48. The third-order valence-corrected chi connectivity index (χ3v) is 5.47. The van der Waals surface area contributed by atoms with Crippen LogP contribution in [0.1, 0.15) is 11.1 Å². The summed E-state index contributed by atoms with van der Waals surface area (Å²) in [5, 5.41) is 0. The van der Waals surface area contributed by atoms with Crippen LogP contribution >= 0.6 is 15.9 Å². The average Bonchev–Trinajstić information content (AvgIpc) is 2.75. The van der Waals surface area contributed by atoms with Gasteiger partial charge in [-0.3, -0.25) is 9.79 Å². The molecule has 1 fully saturated rings. The number of ketones is 1. The molecule has 1 aliphatic rings. The van der Waals surface area contributed by atoms with Gasteiger partial charge in [-0.25, -0.2) is 0 Å². The first-order valence-corrected chi connectivity index (χ1v) is 10.2. The van der Waals surface area contributed by atoms with Gasteiger partial charge in [0.15, 0.2) is 5.78 Å². The molecule has 3 rings (SSSR count). The van der Waals surface area contributed by atoms with Crippen LogP contribution in [-0.2, 0) is 16.0 Å². The van der Waals surface area contributed by atoms with Crippen molar-refractivity contribution in [2.75, 3.05) is 52.0 Å². The van der Waals surface area contributed by atoms with Crippen LogP contribution < -0.4 is 14.4 Å². The first kappa shape index (κ1) is 21.3. The molecule has 0 N–H and O–H groups in total. The molecule has 1 aliphatic heterocycles. The van der Waals surface area contributed by atoms with Crippen LogP contribution in [0.15, 0.2) is 45.9 Å². The van der Waals surface area contributed by atoms with Crippen LogP contribution in [-0.4, -0.2) is 59.1 Å². The fourth-order valence-electron chi connectivity index (χ4n) is 3.15. The lowest BCUT2D eigenvalue weighted by Gasteiger charge is -2.28. The van der Waals surface area contributed by atoms with Crippen LogP contribution in [0.5, 0.6) is 11.5 Å². The molecule has 0 saturated carbocycles. The zero-order chi connectivity index (χ0) is 20.6. The third-order valence-electron chi connectivity index (χ3n) is 4.69. The van der Waals surface area contributed by atoms with Crippen LogP contribution in [0, 0.1) is 0 Å². The number of methoxy groups -OCH3 is 2. The molecular weight excluding hydrogens is 436 g/mol. The summed E-state index contributed by atoms with van der Waals surface area (Å²) < 4.78 is 16.8. The minimum Gasteiger partial charge on any atom is -0.495 e. The quantitative estimate of drug-likeness (QED) is 0.563. The van der Waals surface area contributed by atoms with E-state index in [9.17, 15) is 4.79 Å². The molecule has 7 heteroatoms. The van der Waals surface area contributed by atoms with Crippen molar-refractivity contribution in [2.24, 2.45) is 4.99 Å². The number of ether oxygens (including phenoxy) is 3. The van der Waals surface area contributed by atoms with Crippen molar-refractivity contribution in [1.82, 2.24) is 0 Å². The van der Waals surface area contributed by atoms with E-state index in [1.165, 1.54) is 5.69 Å². The number of rotatable bonds is 8. The van der Waals surface area contributed by atoms with Gasteiger partial charge in [0, 0.05) is 31.4 Å². The normalized spacial score (nSPS) is 14.2. The molecule has 1 heterocycles. The van der Waals surface area contributed by atoms with Crippen LogP contribution in [0.3, 0.4) is 0 Å². The van der Waals surface area contributed by atoms with Gasteiger partial charge in [-0.2, -0.15) is 0 Å². The maximum Gasteiger partial charge on any atom is 0.158 e. The van der Waals surface area contributed by atoms with Crippen LogP contribution in [0.4, 0.5) is 5.69 Å². The maximum atomic E-state index is 12.3. The molecule has 0 radical (unpaired) electrons. The van der Waals surface area contributed by atoms with E-state index in [-0.39, 0.29) is 12.3 Å². The summed E-state index contributed by atoms with van der Waals surface area (Å²) in [6, 6.07) is 11.8. The lowest BCUT2D eigenvalue weighted by atomic mass is 10.1. The van der Waals surface area contributed by atoms with E-state index in [0.717, 1.165) is 41.9 Å². The molecule has 154 valence electrons. The second-order valence-electron chi connectivity index (χ2n) is 6.69. The summed E-state index contributed by atoms with van der Waals surface area (Å²) in [4.78, 5) is 18.9. The van der Waals surface area contributed by atoms with E-state index >= 15 is 0 Å². The molecule has 29 heavy (non-hydrogen) atoms. The molecule has 6 nitrogen and oxygen atoms in total.